The highest BCUT2D eigenvalue weighted by Crippen LogP contribution is 2.34. The highest BCUT2D eigenvalue weighted by molar-refractivity contribution is 9.10. The van der Waals surface area contributed by atoms with Gasteiger partial charge in [-0.3, -0.25) is 0 Å². The van der Waals surface area contributed by atoms with E-state index in [1.165, 1.54) is 59.7 Å². The van der Waals surface area contributed by atoms with Crippen LogP contribution in [0.3, 0.4) is 0 Å². The van der Waals surface area contributed by atoms with Crippen molar-refractivity contribution in [3.8, 4) is 0 Å². The Balaban J connectivity index is 2.19. The van der Waals surface area contributed by atoms with E-state index in [0.29, 0.717) is 5.92 Å². The second-order valence-corrected chi connectivity index (χ2v) is 6.54. The van der Waals surface area contributed by atoms with Crippen molar-refractivity contribution in [3.05, 3.63) is 33.3 Å². The molecule has 1 atom stereocenters. The Bertz CT molecular complexity index is 383. The van der Waals surface area contributed by atoms with E-state index in [-0.39, 0.29) is 6.04 Å². The van der Waals surface area contributed by atoms with Gasteiger partial charge < -0.3 is 5.73 Å². The van der Waals surface area contributed by atoms with Gasteiger partial charge in [-0.25, -0.2) is 0 Å². The highest BCUT2D eigenvalue weighted by Gasteiger charge is 2.21. The molecule has 1 unspecified atom stereocenters. The smallest absolute Gasteiger partial charge is 0.0323 e. The molecule has 100 valence electrons. The van der Waals surface area contributed by atoms with E-state index in [2.05, 4.69) is 41.9 Å². The van der Waals surface area contributed by atoms with Gasteiger partial charge in [-0.05, 0) is 49.3 Å². The molecule has 0 aliphatic heterocycles. The molecule has 1 aromatic rings. The summed E-state index contributed by atoms with van der Waals surface area (Å²) in [6, 6.07) is 4.73. The maximum absolute atomic E-state index is 6.51. The van der Waals surface area contributed by atoms with Crippen LogP contribution < -0.4 is 5.73 Å². The zero-order chi connectivity index (χ0) is 13.1. The SMILES string of the molecule is Cc1cc(C(N)C2CCCCCC2)cc(C)c1Br. The molecule has 2 rings (SSSR count). The standard InChI is InChI=1S/C16H24BrN/c1-11-9-14(10-12(2)15(11)17)16(18)13-7-5-3-4-6-8-13/h9-10,13,16H,3-8,18H2,1-2H3. The molecule has 0 aromatic heterocycles. The minimum Gasteiger partial charge on any atom is -0.324 e. The van der Waals surface area contributed by atoms with E-state index in [1.54, 1.807) is 0 Å². The maximum Gasteiger partial charge on any atom is 0.0323 e. The topological polar surface area (TPSA) is 26.0 Å². The zero-order valence-corrected chi connectivity index (χ0v) is 13.1. The van der Waals surface area contributed by atoms with Crippen LogP contribution in [-0.2, 0) is 0 Å². The number of benzene rings is 1. The first-order chi connectivity index (χ1) is 8.59. The van der Waals surface area contributed by atoms with Crippen molar-refractivity contribution in [3.63, 3.8) is 0 Å². The van der Waals surface area contributed by atoms with Crippen LogP contribution >= 0.6 is 15.9 Å². The largest absolute Gasteiger partial charge is 0.324 e. The third-order valence-corrected chi connectivity index (χ3v) is 5.50. The van der Waals surface area contributed by atoms with Gasteiger partial charge in [0.2, 0.25) is 0 Å². The van der Waals surface area contributed by atoms with Crippen LogP contribution in [-0.4, -0.2) is 0 Å². The molecule has 2 N–H and O–H groups in total. The summed E-state index contributed by atoms with van der Waals surface area (Å²) in [6.45, 7) is 4.31. The summed E-state index contributed by atoms with van der Waals surface area (Å²) >= 11 is 3.63. The number of hydrogen-bond donors (Lipinski definition) is 1. The molecule has 0 radical (unpaired) electrons. The predicted molar refractivity (Wildman–Crippen MR) is 81.7 cm³/mol. The molecule has 1 saturated carbocycles. The lowest BCUT2D eigenvalue weighted by molar-refractivity contribution is 0.382. The molecule has 0 bridgehead atoms. The van der Waals surface area contributed by atoms with Gasteiger partial charge in [-0.15, -0.1) is 0 Å². The summed E-state index contributed by atoms with van der Waals surface area (Å²) in [7, 11) is 0. The lowest BCUT2D eigenvalue weighted by Gasteiger charge is -2.24. The zero-order valence-electron chi connectivity index (χ0n) is 11.5. The Morgan fingerprint density at radius 2 is 1.56 bits per heavy atom. The Labute approximate surface area is 119 Å². The Morgan fingerprint density at radius 3 is 2.06 bits per heavy atom. The van der Waals surface area contributed by atoms with Crippen molar-refractivity contribution < 1.29 is 0 Å². The predicted octanol–water partition coefficient (Wildman–Crippen LogP) is 5.04. The first-order valence-corrected chi connectivity index (χ1v) is 7.91. The average Bonchev–Trinajstić information content (AvgIpc) is 2.63. The van der Waals surface area contributed by atoms with Crippen molar-refractivity contribution in [1.29, 1.82) is 0 Å². The van der Waals surface area contributed by atoms with Crippen LogP contribution in [0.2, 0.25) is 0 Å². The lowest BCUT2D eigenvalue weighted by atomic mass is 9.87. The van der Waals surface area contributed by atoms with Gasteiger partial charge in [0, 0.05) is 10.5 Å². The van der Waals surface area contributed by atoms with E-state index >= 15 is 0 Å². The number of halogens is 1. The van der Waals surface area contributed by atoms with Crippen molar-refractivity contribution in [2.75, 3.05) is 0 Å². The fraction of sp³-hybridized carbons (Fsp3) is 0.625. The van der Waals surface area contributed by atoms with Crippen molar-refractivity contribution in [2.24, 2.45) is 11.7 Å². The van der Waals surface area contributed by atoms with Gasteiger partial charge >= 0.3 is 0 Å². The van der Waals surface area contributed by atoms with Crippen LogP contribution in [0.15, 0.2) is 16.6 Å². The van der Waals surface area contributed by atoms with Crippen molar-refractivity contribution in [2.45, 2.75) is 58.4 Å². The summed E-state index contributed by atoms with van der Waals surface area (Å²) < 4.78 is 1.22. The Hall–Kier alpha value is -0.340. The quantitative estimate of drug-likeness (QED) is 0.761. The molecule has 1 aliphatic rings. The number of aryl methyl sites for hydroxylation is 2. The first-order valence-electron chi connectivity index (χ1n) is 7.12. The van der Waals surface area contributed by atoms with Gasteiger partial charge in [-0.2, -0.15) is 0 Å². The molecule has 1 aromatic carbocycles. The average molecular weight is 310 g/mol. The molecule has 1 nitrogen and oxygen atoms in total. The maximum atomic E-state index is 6.51. The van der Waals surface area contributed by atoms with E-state index < -0.39 is 0 Å². The lowest BCUT2D eigenvalue weighted by Crippen LogP contribution is -2.21. The fourth-order valence-electron chi connectivity index (χ4n) is 3.11. The summed E-state index contributed by atoms with van der Waals surface area (Å²) in [5.41, 5.74) is 10.4. The Morgan fingerprint density at radius 1 is 1.06 bits per heavy atom. The molecular formula is C16H24BrN. The molecule has 1 aliphatic carbocycles. The van der Waals surface area contributed by atoms with E-state index in [9.17, 15) is 0 Å². The molecule has 0 heterocycles. The molecule has 18 heavy (non-hydrogen) atoms. The van der Waals surface area contributed by atoms with Crippen LogP contribution in [0.4, 0.5) is 0 Å². The van der Waals surface area contributed by atoms with Crippen molar-refractivity contribution >= 4 is 15.9 Å². The van der Waals surface area contributed by atoms with Gasteiger partial charge in [0.15, 0.2) is 0 Å². The monoisotopic (exact) mass is 309 g/mol. The third kappa shape index (κ3) is 3.16. The minimum absolute atomic E-state index is 0.216. The van der Waals surface area contributed by atoms with E-state index in [4.69, 9.17) is 5.73 Å². The van der Waals surface area contributed by atoms with Crippen LogP contribution in [0.25, 0.3) is 0 Å². The van der Waals surface area contributed by atoms with Gasteiger partial charge in [0.1, 0.15) is 0 Å². The minimum atomic E-state index is 0.216. The van der Waals surface area contributed by atoms with Crippen molar-refractivity contribution in [1.82, 2.24) is 0 Å². The summed E-state index contributed by atoms with van der Waals surface area (Å²) in [5.74, 6) is 0.674. The fourth-order valence-corrected chi connectivity index (χ4v) is 3.34. The number of rotatable bonds is 2. The second-order valence-electron chi connectivity index (χ2n) is 5.75. The number of nitrogens with two attached hydrogens (primary N) is 1. The molecule has 0 saturated heterocycles. The normalized spacial score (nSPS) is 19.6. The molecule has 1 fully saturated rings. The van der Waals surface area contributed by atoms with Gasteiger partial charge in [-0.1, -0.05) is 53.7 Å². The van der Waals surface area contributed by atoms with Crippen LogP contribution in [0.1, 0.15) is 61.3 Å². The summed E-state index contributed by atoms with van der Waals surface area (Å²) in [6.07, 6.45) is 8.09. The third-order valence-electron chi connectivity index (χ3n) is 4.25. The summed E-state index contributed by atoms with van der Waals surface area (Å²) in [4.78, 5) is 0. The van der Waals surface area contributed by atoms with E-state index in [0.717, 1.165) is 0 Å². The van der Waals surface area contributed by atoms with Gasteiger partial charge in [0.25, 0.3) is 0 Å². The Kier molecular flexibility index (Phi) is 4.85. The van der Waals surface area contributed by atoms with E-state index in [1.807, 2.05) is 0 Å². The van der Waals surface area contributed by atoms with Gasteiger partial charge in [0.05, 0.1) is 0 Å². The van der Waals surface area contributed by atoms with Crippen LogP contribution in [0, 0.1) is 19.8 Å². The molecular weight excluding hydrogens is 286 g/mol. The molecule has 2 heteroatoms. The second kappa shape index (κ2) is 6.21. The summed E-state index contributed by atoms with van der Waals surface area (Å²) in [5, 5.41) is 0. The molecule has 0 spiro atoms. The molecule has 0 amide bonds. The first kappa shape index (κ1) is 14.1. The highest BCUT2D eigenvalue weighted by atomic mass is 79.9. The van der Waals surface area contributed by atoms with Crippen LogP contribution in [0.5, 0.6) is 0 Å². The number of hydrogen-bond acceptors (Lipinski definition) is 1.